The van der Waals surface area contributed by atoms with Gasteiger partial charge in [0.2, 0.25) is 5.79 Å². The molecule has 3 N–H and O–H groups in total. The Labute approximate surface area is 196 Å². The van der Waals surface area contributed by atoms with Crippen LogP contribution in [0.3, 0.4) is 0 Å². The molecule has 0 radical (unpaired) electrons. The van der Waals surface area contributed by atoms with Crippen molar-refractivity contribution in [3.63, 3.8) is 0 Å². The summed E-state index contributed by atoms with van der Waals surface area (Å²) in [4.78, 5) is 4.89. The third-order valence-corrected chi connectivity index (χ3v) is 7.98. The summed E-state index contributed by atoms with van der Waals surface area (Å²) in [6.45, 7) is 6.25. The van der Waals surface area contributed by atoms with Gasteiger partial charge in [-0.25, -0.2) is 0 Å². The van der Waals surface area contributed by atoms with E-state index in [-0.39, 0.29) is 6.61 Å². The lowest BCUT2D eigenvalue weighted by Gasteiger charge is -2.45. The minimum absolute atomic E-state index is 0.213. The fourth-order valence-corrected chi connectivity index (χ4v) is 6.05. The van der Waals surface area contributed by atoms with E-state index < -0.39 is 30.2 Å². The number of benzene rings is 1. The second-order valence-electron chi connectivity index (χ2n) is 8.74. The summed E-state index contributed by atoms with van der Waals surface area (Å²) in [6, 6.07) is 8.05. The van der Waals surface area contributed by atoms with Crippen LogP contribution in [0.4, 0.5) is 0 Å². The van der Waals surface area contributed by atoms with Crippen LogP contribution in [0.5, 0.6) is 0 Å². The highest BCUT2D eigenvalue weighted by molar-refractivity contribution is 7.12. The average Bonchev–Trinajstić information content (AvgIpc) is 3.37. The highest BCUT2D eigenvalue weighted by Gasteiger charge is 2.57. The number of aliphatic hydroxyl groups is 3. The third kappa shape index (κ3) is 4.02. The molecule has 5 atom stereocenters. The van der Waals surface area contributed by atoms with Gasteiger partial charge >= 0.3 is 0 Å². The summed E-state index contributed by atoms with van der Waals surface area (Å²) in [6.07, 6.45) is -4.02. The minimum Gasteiger partial charge on any atom is -0.388 e. The lowest BCUT2D eigenvalue weighted by atomic mass is 9.87. The van der Waals surface area contributed by atoms with E-state index in [1.54, 1.807) is 18.3 Å². The molecular formula is C23H28ClNO6S. The van der Waals surface area contributed by atoms with Crippen molar-refractivity contribution in [2.45, 2.75) is 56.7 Å². The van der Waals surface area contributed by atoms with Crippen LogP contribution >= 0.6 is 22.9 Å². The van der Waals surface area contributed by atoms with Crippen molar-refractivity contribution in [3.8, 4) is 0 Å². The summed E-state index contributed by atoms with van der Waals surface area (Å²) >= 11 is 8.36. The van der Waals surface area contributed by atoms with E-state index in [0.29, 0.717) is 17.0 Å². The zero-order chi connectivity index (χ0) is 22.5. The predicted molar refractivity (Wildman–Crippen MR) is 120 cm³/mol. The van der Waals surface area contributed by atoms with Gasteiger partial charge in [-0.2, -0.15) is 0 Å². The Bertz CT molecular complexity index is 979. The van der Waals surface area contributed by atoms with Crippen molar-refractivity contribution in [1.29, 1.82) is 0 Å². The molecule has 3 aliphatic heterocycles. The molecule has 1 spiro atoms. The molecule has 7 nitrogen and oxygen atoms in total. The summed E-state index contributed by atoms with van der Waals surface area (Å²) in [7, 11) is 0. The Balaban J connectivity index is 1.39. The number of halogens is 1. The molecule has 0 amide bonds. The van der Waals surface area contributed by atoms with Gasteiger partial charge in [-0.05, 0) is 42.3 Å². The number of aliphatic hydroxyl groups excluding tert-OH is 3. The SMILES string of the molecule is C[C@H]1O[C@]2(OCc3cc(Cl)c(Cc4ccc(CN5CCOCC5)s4)cc32)[C@H](O)[C@@H](O)[C@@H]1O. The molecule has 9 heteroatoms. The zero-order valence-electron chi connectivity index (χ0n) is 17.9. The first-order valence-electron chi connectivity index (χ1n) is 10.9. The molecule has 32 heavy (non-hydrogen) atoms. The Morgan fingerprint density at radius 3 is 2.66 bits per heavy atom. The zero-order valence-corrected chi connectivity index (χ0v) is 19.4. The van der Waals surface area contributed by atoms with Crippen LogP contribution in [0.1, 0.15) is 33.4 Å². The molecule has 5 rings (SSSR count). The van der Waals surface area contributed by atoms with Crippen LogP contribution in [0.15, 0.2) is 24.3 Å². The first-order chi connectivity index (χ1) is 15.4. The summed E-state index contributed by atoms with van der Waals surface area (Å²) in [5.74, 6) is -1.51. The van der Waals surface area contributed by atoms with E-state index in [2.05, 4.69) is 17.0 Å². The Morgan fingerprint density at radius 2 is 1.88 bits per heavy atom. The van der Waals surface area contributed by atoms with Gasteiger partial charge < -0.3 is 29.5 Å². The van der Waals surface area contributed by atoms with E-state index in [4.69, 9.17) is 25.8 Å². The number of hydrogen-bond donors (Lipinski definition) is 3. The summed E-state index contributed by atoms with van der Waals surface area (Å²) in [5, 5.41) is 31.9. The van der Waals surface area contributed by atoms with Crippen molar-refractivity contribution < 1.29 is 29.5 Å². The largest absolute Gasteiger partial charge is 0.388 e. The second-order valence-corrected chi connectivity index (χ2v) is 10.4. The van der Waals surface area contributed by atoms with E-state index in [1.165, 1.54) is 9.75 Å². The quantitative estimate of drug-likeness (QED) is 0.615. The molecule has 2 saturated heterocycles. The fraction of sp³-hybridized carbons (Fsp3) is 0.565. The van der Waals surface area contributed by atoms with Crippen molar-refractivity contribution in [2.75, 3.05) is 26.3 Å². The molecule has 0 saturated carbocycles. The lowest BCUT2D eigenvalue weighted by molar-refractivity contribution is -0.362. The topological polar surface area (TPSA) is 91.6 Å². The first kappa shape index (κ1) is 22.7. The Morgan fingerprint density at radius 1 is 1.12 bits per heavy atom. The number of ether oxygens (including phenoxy) is 3. The number of morpholine rings is 1. The number of nitrogens with zero attached hydrogens (tertiary/aromatic N) is 1. The molecule has 0 aliphatic carbocycles. The van der Waals surface area contributed by atoms with E-state index >= 15 is 0 Å². The van der Waals surface area contributed by atoms with Gasteiger partial charge in [0.15, 0.2) is 0 Å². The van der Waals surface area contributed by atoms with Gasteiger partial charge in [0.05, 0.1) is 25.9 Å². The van der Waals surface area contributed by atoms with Gasteiger partial charge in [-0.3, -0.25) is 4.90 Å². The van der Waals surface area contributed by atoms with Gasteiger partial charge in [-0.1, -0.05) is 11.6 Å². The number of hydrogen-bond acceptors (Lipinski definition) is 8. The highest BCUT2D eigenvalue weighted by atomic mass is 35.5. The minimum atomic E-state index is -1.51. The Hall–Kier alpha value is -1.07. The maximum Gasteiger partial charge on any atom is 0.225 e. The van der Waals surface area contributed by atoms with Crippen molar-refractivity contribution in [1.82, 2.24) is 4.90 Å². The number of rotatable bonds is 4. The van der Waals surface area contributed by atoms with Crippen LogP contribution in [0, 0.1) is 0 Å². The maximum atomic E-state index is 10.8. The van der Waals surface area contributed by atoms with Crippen LogP contribution in [-0.4, -0.2) is 70.9 Å². The molecule has 1 aromatic heterocycles. The monoisotopic (exact) mass is 481 g/mol. The average molecular weight is 482 g/mol. The standard InChI is InChI=1S/C23H28ClNO6S/c1-13-20(26)21(27)22(28)23(31-13)18-9-14(19(24)10-15(18)12-30-23)8-16-2-3-17(32-16)11-25-4-6-29-7-5-25/h2-3,9-10,13,20-22,26-28H,4-8,11-12H2,1H3/t13-,20-,21+,22-,23+/m1/s1. The van der Waals surface area contributed by atoms with Gasteiger partial charge in [0, 0.05) is 46.4 Å². The molecule has 0 unspecified atom stereocenters. The van der Waals surface area contributed by atoms with Crippen LogP contribution < -0.4 is 0 Å². The molecule has 174 valence electrons. The van der Waals surface area contributed by atoms with Gasteiger partial charge in [-0.15, -0.1) is 11.3 Å². The fourth-order valence-electron chi connectivity index (χ4n) is 4.72. The summed E-state index contributed by atoms with van der Waals surface area (Å²) < 4.78 is 17.3. The van der Waals surface area contributed by atoms with Gasteiger partial charge in [0.25, 0.3) is 0 Å². The Kier molecular flexibility index (Phi) is 6.35. The lowest BCUT2D eigenvalue weighted by Crippen LogP contribution is -2.62. The summed E-state index contributed by atoms with van der Waals surface area (Å²) in [5.41, 5.74) is 2.37. The molecule has 1 aromatic carbocycles. The molecule has 2 aromatic rings. The van der Waals surface area contributed by atoms with E-state index in [0.717, 1.165) is 44.0 Å². The smallest absolute Gasteiger partial charge is 0.225 e. The molecule has 2 fully saturated rings. The second kappa shape index (κ2) is 8.94. The van der Waals surface area contributed by atoms with Crippen LogP contribution in [0.2, 0.25) is 5.02 Å². The van der Waals surface area contributed by atoms with Crippen LogP contribution in [0.25, 0.3) is 0 Å². The van der Waals surface area contributed by atoms with E-state index in [1.807, 2.05) is 12.1 Å². The van der Waals surface area contributed by atoms with Crippen molar-refractivity contribution in [3.05, 3.63) is 55.7 Å². The maximum absolute atomic E-state index is 10.8. The van der Waals surface area contributed by atoms with Crippen molar-refractivity contribution >= 4 is 22.9 Å². The first-order valence-corrected chi connectivity index (χ1v) is 12.1. The van der Waals surface area contributed by atoms with Crippen molar-refractivity contribution in [2.24, 2.45) is 0 Å². The molecule has 3 aliphatic rings. The van der Waals surface area contributed by atoms with Gasteiger partial charge in [0.1, 0.15) is 18.3 Å². The normalized spacial score (nSPS) is 33.0. The molecular weight excluding hydrogens is 454 g/mol. The van der Waals surface area contributed by atoms with Crippen LogP contribution in [-0.2, 0) is 39.6 Å². The number of fused-ring (bicyclic) bond motifs is 2. The molecule has 0 bridgehead atoms. The third-order valence-electron chi connectivity index (χ3n) is 6.56. The molecule has 4 heterocycles. The van der Waals surface area contributed by atoms with E-state index in [9.17, 15) is 15.3 Å². The number of thiophene rings is 1. The highest BCUT2D eigenvalue weighted by Crippen LogP contribution is 2.47. The predicted octanol–water partition coefficient (Wildman–Crippen LogP) is 2.01.